The third kappa shape index (κ3) is 2.07. The molecule has 0 fully saturated rings. The molecule has 1 aliphatic rings. The van der Waals surface area contributed by atoms with E-state index in [1.165, 1.54) is 5.57 Å². The predicted molar refractivity (Wildman–Crippen MR) is 42.9 cm³/mol. The summed E-state index contributed by atoms with van der Waals surface area (Å²) in [7, 11) is 0. The molecule has 0 unspecified atom stereocenters. The van der Waals surface area contributed by atoms with Gasteiger partial charge >= 0.3 is 5.97 Å². The molecule has 62 valence electrons. The van der Waals surface area contributed by atoms with Gasteiger partial charge in [0.15, 0.2) is 0 Å². The number of carbonyl (C=O) groups excluding carboxylic acids is 1. The number of carbonyl (C=O) groups is 1. The summed E-state index contributed by atoms with van der Waals surface area (Å²) in [6, 6.07) is 0. The zero-order valence-corrected chi connectivity index (χ0v) is 7.14. The Kier molecular flexibility index (Phi) is 2.69. The maximum atomic E-state index is 10.8. The molecule has 0 atom stereocenters. The molecule has 0 saturated heterocycles. The monoisotopic (exact) mass is 154 g/mol. The number of hydrogen-bond acceptors (Lipinski definition) is 2. The predicted octanol–water partition coefficient (Wildman–Crippen LogP) is 2.40. The summed E-state index contributed by atoms with van der Waals surface area (Å²) in [5, 5.41) is 0. The average Bonchev–Trinajstić information content (AvgIpc) is 1.95. The number of rotatable bonds is 2. The van der Waals surface area contributed by atoms with Gasteiger partial charge in [-0.05, 0) is 25.3 Å². The van der Waals surface area contributed by atoms with Gasteiger partial charge in [0.25, 0.3) is 0 Å². The van der Waals surface area contributed by atoms with E-state index in [0.29, 0.717) is 6.42 Å². The van der Waals surface area contributed by atoms with Gasteiger partial charge in [-0.2, -0.15) is 0 Å². The minimum atomic E-state index is -0.0812. The fraction of sp³-hybridized carbons (Fsp3) is 0.667. The van der Waals surface area contributed by atoms with Gasteiger partial charge in [-0.3, -0.25) is 4.79 Å². The summed E-state index contributed by atoms with van der Waals surface area (Å²) in [6.45, 7) is 4.01. The first-order valence-corrected chi connectivity index (χ1v) is 4.13. The van der Waals surface area contributed by atoms with Crippen molar-refractivity contribution in [2.24, 2.45) is 0 Å². The van der Waals surface area contributed by atoms with Gasteiger partial charge in [-0.1, -0.05) is 13.3 Å². The molecule has 0 radical (unpaired) electrons. The number of hydrogen-bond donors (Lipinski definition) is 0. The highest BCUT2D eigenvalue weighted by atomic mass is 16.5. The van der Waals surface area contributed by atoms with Crippen molar-refractivity contribution in [3.63, 3.8) is 0 Å². The smallest absolute Gasteiger partial charge is 0.311 e. The summed E-state index contributed by atoms with van der Waals surface area (Å²) >= 11 is 0. The van der Waals surface area contributed by atoms with Gasteiger partial charge < -0.3 is 4.74 Å². The van der Waals surface area contributed by atoms with Crippen LogP contribution in [0.1, 0.15) is 39.5 Å². The van der Waals surface area contributed by atoms with E-state index >= 15 is 0 Å². The van der Waals surface area contributed by atoms with Crippen LogP contribution in [0.2, 0.25) is 0 Å². The third-order valence-corrected chi connectivity index (χ3v) is 1.95. The lowest BCUT2D eigenvalue weighted by molar-refractivity contribution is -0.140. The van der Waals surface area contributed by atoms with Crippen molar-refractivity contribution in [1.29, 1.82) is 0 Å². The Morgan fingerprint density at radius 3 is 2.73 bits per heavy atom. The lowest BCUT2D eigenvalue weighted by atomic mass is 10.0. The fourth-order valence-electron chi connectivity index (χ4n) is 1.33. The van der Waals surface area contributed by atoms with Crippen LogP contribution in [0.5, 0.6) is 0 Å². The second-order valence-corrected chi connectivity index (χ2v) is 2.88. The molecule has 2 nitrogen and oxygen atoms in total. The minimum Gasteiger partial charge on any atom is -0.431 e. The van der Waals surface area contributed by atoms with E-state index in [2.05, 4.69) is 6.92 Å². The van der Waals surface area contributed by atoms with E-state index in [-0.39, 0.29) is 5.97 Å². The molecule has 0 aliphatic carbocycles. The summed E-state index contributed by atoms with van der Waals surface area (Å²) in [4.78, 5) is 10.8. The van der Waals surface area contributed by atoms with E-state index in [0.717, 1.165) is 25.0 Å². The Balaban J connectivity index is 2.61. The molecule has 0 spiro atoms. The first-order chi connectivity index (χ1) is 5.24. The average molecular weight is 154 g/mol. The first kappa shape index (κ1) is 8.31. The molecule has 0 aromatic rings. The molecular formula is C9H14O2. The standard InChI is InChI=1S/C9H14O2/c1-3-4-8-5-6-9(10)11-7(8)2/h3-6H2,1-2H3. The van der Waals surface area contributed by atoms with Crippen LogP contribution in [0.15, 0.2) is 11.3 Å². The maximum Gasteiger partial charge on any atom is 0.311 e. The van der Waals surface area contributed by atoms with Crippen LogP contribution >= 0.6 is 0 Å². The minimum absolute atomic E-state index is 0.0812. The van der Waals surface area contributed by atoms with Crippen molar-refractivity contribution in [2.75, 3.05) is 0 Å². The van der Waals surface area contributed by atoms with E-state index in [1.54, 1.807) is 0 Å². The van der Waals surface area contributed by atoms with Gasteiger partial charge in [-0.15, -0.1) is 0 Å². The molecule has 1 aliphatic heterocycles. The second kappa shape index (κ2) is 3.56. The van der Waals surface area contributed by atoms with Crippen LogP contribution in [-0.2, 0) is 9.53 Å². The quantitative estimate of drug-likeness (QED) is 0.571. The van der Waals surface area contributed by atoms with Crippen molar-refractivity contribution in [2.45, 2.75) is 39.5 Å². The Labute approximate surface area is 67.2 Å². The summed E-state index contributed by atoms with van der Waals surface area (Å²) in [6.07, 6.45) is 3.66. The zero-order valence-electron chi connectivity index (χ0n) is 7.14. The van der Waals surface area contributed by atoms with Gasteiger partial charge in [-0.25, -0.2) is 0 Å². The Hall–Kier alpha value is -0.790. The summed E-state index contributed by atoms with van der Waals surface area (Å²) < 4.78 is 4.99. The second-order valence-electron chi connectivity index (χ2n) is 2.88. The van der Waals surface area contributed by atoms with Crippen LogP contribution in [0.4, 0.5) is 0 Å². The van der Waals surface area contributed by atoms with Crippen LogP contribution in [-0.4, -0.2) is 5.97 Å². The number of ether oxygens (including phenoxy) is 1. The highest BCUT2D eigenvalue weighted by molar-refractivity contribution is 5.72. The maximum absolute atomic E-state index is 10.8. The molecule has 0 bridgehead atoms. The van der Waals surface area contributed by atoms with Crippen molar-refractivity contribution in [3.05, 3.63) is 11.3 Å². The Morgan fingerprint density at radius 1 is 1.45 bits per heavy atom. The van der Waals surface area contributed by atoms with Crippen molar-refractivity contribution < 1.29 is 9.53 Å². The van der Waals surface area contributed by atoms with Crippen molar-refractivity contribution in [3.8, 4) is 0 Å². The Morgan fingerprint density at radius 2 is 2.18 bits per heavy atom. The van der Waals surface area contributed by atoms with Gasteiger partial charge in [0.1, 0.15) is 5.76 Å². The molecule has 1 rings (SSSR count). The van der Waals surface area contributed by atoms with E-state index < -0.39 is 0 Å². The summed E-state index contributed by atoms with van der Waals surface area (Å²) in [5.41, 5.74) is 1.31. The largest absolute Gasteiger partial charge is 0.431 e. The highest BCUT2D eigenvalue weighted by Crippen LogP contribution is 2.23. The van der Waals surface area contributed by atoms with Gasteiger partial charge in [0.05, 0.1) is 0 Å². The SMILES string of the molecule is CCCC1=C(C)OC(=O)CC1. The molecular weight excluding hydrogens is 140 g/mol. The topological polar surface area (TPSA) is 26.3 Å². The molecule has 0 amide bonds. The molecule has 0 aromatic heterocycles. The first-order valence-electron chi connectivity index (χ1n) is 4.13. The molecule has 0 N–H and O–H groups in total. The molecule has 11 heavy (non-hydrogen) atoms. The lowest BCUT2D eigenvalue weighted by Gasteiger charge is -2.16. The molecule has 2 heteroatoms. The van der Waals surface area contributed by atoms with E-state index in [1.807, 2.05) is 6.92 Å². The third-order valence-electron chi connectivity index (χ3n) is 1.95. The highest BCUT2D eigenvalue weighted by Gasteiger charge is 2.15. The number of allylic oxidation sites excluding steroid dienone is 2. The van der Waals surface area contributed by atoms with Crippen molar-refractivity contribution >= 4 is 5.97 Å². The number of esters is 1. The normalized spacial score (nSPS) is 18.5. The molecule has 0 aromatic carbocycles. The van der Waals surface area contributed by atoms with E-state index in [9.17, 15) is 4.79 Å². The molecule has 0 saturated carbocycles. The van der Waals surface area contributed by atoms with Crippen LogP contribution in [0, 0.1) is 0 Å². The van der Waals surface area contributed by atoms with Gasteiger partial charge in [0.2, 0.25) is 0 Å². The van der Waals surface area contributed by atoms with Crippen LogP contribution in [0.3, 0.4) is 0 Å². The van der Waals surface area contributed by atoms with Crippen molar-refractivity contribution in [1.82, 2.24) is 0 Å². The fourth-order valence-corrected chi connectivity index (χ4v) is 1.33. The zero-order chi connectivity index (χ0) is 8.27. The lowest BCUT2D eigenvalue weighted by Crippen LogP contribution is -2.11. The van der Waals surface area contributed by atoms with Crippen LogP contribution < -0.4 is 0 Å². The Bertz CT molecular complexity index is 192. The molecule has 1 heterocycles. The van der Waals surface area contributed by atoms with Gasteiger partial charge in [0, 0.05) is 6.42 Å². The number of cyclic esters (lactones) is 1. The van der Waals surface area contributed by atoms with E-state index in [4.69, 9.17) is 4.74 Å². The summed E-state index contributed by atoms with van der Waals surface area (Å²) in [5.74, 6) is 0.755. The van der Waals surface area contributed by atoms with Crippen LogP contribution in [0.25, 0.3) is 0 Å².